The van der Waals surface area contributed by atoms with Crippen molar-refractivity contribution >= 4 is 58.9 Å². The molecule has 0 saturated carbocycles. The summed E-state index contributed by atoms with van der Waals surface area (Å²) in [4.78, 5) is 5.28. The number of benzene rings is 1. The first-order chi connectivity index (χ1) is 9.29. The molecule has 3 N–H and O–H groups in total. The standard InChI is InChI=1S/C11H11Br2N3O2S2/c1-6-4-15-10(19-6)5-16-20(17,18)11-8(12)2-7(14)3-9(11)13/h2-4,16H,5,14H2,1H3. The molecule has 0 aliphatic carbocycles. The number of aryl methyl sites for hydroxylation is 1. The van der Waals surface area contributed by atoms with E-state index in [2.05, 4.69) is 41.6 Å². The highest BCUT2D eigenvalue weighted by atomic mass is 79.9. The second kappa shape index (κ2) is 6.10. The topological polar surface area (TPSA) is 85.1 Å². The molecule has 0 amide bonds. The summed E-state index contributed by atoms with van der Waals surface area (Å²) in [6.45, 7) is 2.08. The number of anilines is 1. The van der Waals surface area contributed by atoms with Crippen LogP contribution in [0.5, 0.6) is 0 Å². The van der Waals surface area contributed by atoms with E-state index < -0.39 is 10.0 Å². The minimum atomic E-state index is -3.66. The number of rotatable bonds is 4. The number of hydrogen-bond donors (Lipinski definition) is 2. The van der Waals surface area contributed by atoms with Crippen molar-refractivity contribution in [1.82, 2.24) is 9.71 Å². The second-order valence-corrected chi connectivity index (χ2v) is 8.73. The van der Waals surface area contributed by atoms with Crippen LogP contribution in [0, 0.1) is 6.92 Å². The van der Waals surface area contributed by atoms with Crippen LogP contribution < -0.4 is 10.5 Å². The normalized spacial score (nSPS) is 11.8. The predicted octanol–water partition coefficient (Wildman–Crippen LogP) is 3.04. The third-order valence-electron chi connectivity index (χ3n) is 2.37. The lowest BCUT2D eigenvalue weighted by molar-refractivity contribution is 0.580. The third kappa shape index (κ3) is 3.59. The Morgan fingerprint density at radius 2 is 1.95 bits per heavy atom. The fourth-order valence-corrected chi connectivity index (χ4v) is 5.97. The smallest absolute Gasteiger partial charge is 0.243 e. The van der Waals surface area contributed by atoms with Gasteiger partial charge in [0, 0.05) is 25.7 Å². The van der Waals surface area contributed by atoms with E-state index in [-0.39, 0.29) is 11.4 Å². The van der Waals surface area contributed by atoms with E-state index in [9.17, 15) is 8.42 Å². The molecule has 0 spiro atoms. The molecule has 20 heavy (non-hydrogen) atoms. The average molecular weight is 441 g/mol. The number of thiazole rings is 1. The first-order valence-corrected chi connectivity index (χ1v) is 9.33. The van der Waals surface area contributed by atoms with Gasteiger partial charge in [0.25, 0.3) is 0 Å². The number of hydrogen-bond acceptors (Lipinski definition) is 5. The van der Waals surface area contributed by atoms with Crippen LogP contribution in [0.25, 0.3) is 0 Å². The van der Waals surface area contributed by atoms with E-state index in [1.54, 1.807) is 18.3 Å². The van der Waals surface area contributed by atoms with Gasteiger partial charge in [0.1, 0.15) is 9.90 Å². The van der Waals surface area contributed by atoms with Gasteiger partial charge in [-0.15, -0.1) is 11.3 Å². The molecule has 2 aromatic rings. The van der Waals surface area contributed by atoms with Crippen molar-refractivity contribution in [3.05, 3.63) is 37.2 Å². The summed E-state index contributed by atoms with van der Waals surface area (Å²) in [5, 5.41) is 0.716. The predicted molar refractivity (Wildman–Crippen MR) is 87.1 cm³/mol. The molecule has 5 nitrogen and oxygen atoms in total. The molecule has 2 rings (SSSR count). The number of sulfonamides is 1. The first-order valence-electron chi connectivity index (χ1n) is 5.45. The highest BCUT2D eigenvalue weighted by molar-refractivity contribution is 9.11. The van der Waals surface area contributed by atoms with Gasteiger partial charge in [0.05, 0.1) is 6.54 Å². The summed E-state index contributed by atoms with van der Waals surface area (Å²) < 4.78 is 28.0. The Hall–Kier alpha value is -0.480. The van der Waals surface area contributed by atoms with Crippen molar-refractivity contribution in [3.8, 4) is 0 Å². The van der Waals surface area contributed by atoms with E-state index in [0.717, 1.165) is 4.88 Å². The van der Waals surface area contributed by atoms with Crippen LogP contribution in [0.4, 0.5) is 5.69 Å². The Morgan fingerprint density at radius 1 is 1.35 bits per heavy atom. The minimum Gasteiger partial charge on any atom is -0.399 e. The molecule has 0 atom stereocenters. The van der Waals surface area contributed by atoms with Crippen LogP contribution in [0.1, 0.15) is 9.88 Å². The van der Waals surface area contributed by atoms with E-state index in [4.69, 9.17) is 5.73 Å². The summed E-state index contributed by atoms with van der Waals surface area (Å²) >= 11 is 7.90. The molecule has 0 radical (unpaired) electrons. The summed E-state index contributed by atoms with van der Waals surface area (Å²) in [6, 6.07) is 3.10. The van der Waals surface area contributed by atoms with Crippen LogP contribution in [-0.4, -0.2) is 13.4 Å². The van der Waals surface area contributed by atoms with Crippen molar-refractivity contribution in [1.29, 1.82) is 0 Å². The molecule has 1 heterocycles. The van der Waals surface area contributed by atoms with Crippen molar-refractivity contribution in [2.75, 3.05) is 5.73 Å². The fourth-order valence-electron chi connectivity index (χ4n) is 1.55. The molecule has 0 bridgehead atoms. The largest absolute Gasteiger partial charge is 0.399 e. The Kier molecular flexibility index (Phi) is 4.85. The number of aromatic nitrogens is 1. The van der Waals surface area contributed by atoms with Crippen LogP contribution in [0.3, 0.4) is 0 Å². The van der Waals surface area contributed by atoms with E-state index >= 15 is 0 Å². The lowest BCUT2D eigenvalue weighted by Crippen LogP contribution is -2.24. The maximum atomic E-state index is 12.3. The van der Waals surface area contributed by atoms with Gasteiger partial charge in [-0.25, -0.2) is 18.1 Å². The van der Waals surface area contributed by atoms with Crippen molar-refractivity contribution in [2.24, 2.45) is 0 Å². The lowest BCUT2D eigenvalue weighted by Gasteiger charge is -2.10. The molecular weight excluding hydrogens is 430 g/mol. The molecular formula is C11H11Br2N3O2S2. The number of nitrogens with two attached hydrogens (primary N) is 1. The number of nitrogen functional groups attached to an aromatic ring is 1. The van der Waals surface area contributed by atoms with Gasteiger partial charge < -0.3 is 5.73 Å². The van der Waals surface area contributed by atoms with Crippen LogP contribution in [0.15, 0.2) is 32.2 Å². The van der Waals surface area contributed by atoms with Crippen LogP contribution in [0.2, 0.25) is 0 Å². The van der Waals surface area contributed by atoms with Crippen molar-refractivity contribution in [2.45, 2.75) is 18.4 Å². The monoisotopic (exact) mass is 439 g/mol. The van der Waals surface area contributed by atoms with E-state index in [1.807, 2.05) is 6.92 Å². The molecule has 108 valence electrons. The number of nitrogens with zero attached hydrogens (tertiary/aromatic N) is 1. The Morgan fingerprint density at radius 3 is 2.45 bits per heavy atom. The maximum Gasteiger partial charge on any atom is 0.243 e. The minimum absolute atomic E-state index is 0.125. The zero-order valence-electron chi connectivity index (χ0n) is 10.4. The molecule has 0 saturated heterocycles. The van der Waals surface area contributed by atoms with E-state index in [1.165, 1.54) is 11.3 Å². The summed E-state index contributed by atoms with van der Waals surface area (Å²) in [5.41, 5.74) is 6.13. The molecule has 1 aromatic heterocycles. The quantitative estimate of drug-likeness (QED) is 0.715. The number of nitrogens with one attached hydrogen (secondary N) is 1. The molecule has 9 heteroatoms. The summed E-state index contributed by atoms with van der Waals surface area (Å²) in [5.74, 6) is 0. The number of halogens is 2. The van der Waals surface area contributed by atoms with Gasteiger partial charge in [0.15, 0.2) is 0 Å². The van der Waals surface area contributed by atoms with Crippen molar-refractivity contribution < 1.29 is 8.42 Å². The molecule has 0 fully saturated rings. The molecule has 0 unspecified atom stereocenters. The molecule has 1 aromatic carbocycles. The zero-order chi connectivity index (χ0) is 14.9. The van der Waals surface area contributed by atoms with Gasteiger partial charge in [-0.1, -0.05) is 0 Å². The second-order valence-electron chi connectivity index (χ2n) is 4.00. The molecule has 0 aliphatic rings. The molecule has 0 aliphatic heterocycles. The fraction of sp³-hybridized carbons (Fsp3) is 0.182. The van der Waals surface area contributed by atoms with Gasteiger partial charge in [-0.05, 0) is 50.9 Å². The van der Waals surface area contributed by atoms with E-state index in [0.29, 0.717) is 19.6 Å². The zero-order valence-corrected chi connectivity index (χ0v) is 15.2. The first kappa shape index (κ1) is 15.9. The lowest BCUT2D eigenvalue weighted by atomic mass is 10.3. The Balaban J connectivity index is 2.27. The van der Waals surface area contributed by atoms with Gasteiger partial charge in [0.2, 0.25) is 10.0 Å². The van der Waals surface area contributed by atoms with Gasteiger partial charge in [-0.2, -0.15) is 0 Å². The summed E-state index contributed by atoms with van der Waals surface area (Å²) in [6.07, 6.45) is 1.71. The van der Waals surface area contributed by atoms with Gasteiger partial charge >= 0.3 is 0 Å². The average Bonchev–Trinajstić information content (AvgIpc) is 2.71. The highest BCUT2D eigenvalue weighted by Gasteiger charge is 2.21. The Labute approximate surface area is 137 Å². The van der Waals surface area contributed by atoms with Crippen molar-refractivity contribution in [3.63, 3.8) is 0 Å². The third-order valence-corrected chi connectivity index (χ3v) is 6.56. The van der Waals surface area contributed by atoms with Crippen LogP contribution in [-0.2, 0) is 16.6 Å². The maximum absolute atomic E-state index is 12.3. The SMILES string of the molecule is Cc1cnc(CNS(=O)(=O)c2c(Br)cc(N)cc2Br)s1. The highest BCUT2D eigenvalue weighted by Crippen LogP contribution is 2.32. The van der Waals surface area contributed by atoms with Crippen LogP contribution >= 0.6 is 43.2 Å². The Bertz CT molecular complexity index is 721. The summed E-state index contributed by atoms with van der Waals surface area (Å²) in [7, 11) is -3.66. The van der Waals surface area contributed by atoms with Gasteiger partial charge in [-0.3, -0.25) is 0 Å².